The van der Waals surface area contributed by atoms with Gasteiger partial charge in [-0.3, -0.25) is 24.6 Å². The molecule has 3 aromatic rings. The molecule has 1 aliphatic rings. The van der Waals surface area contributed by atoms with Gasteiger partial charge in [0.1, 0.15) is 5.76 Å². The Morgan fingerprint density at radius 2 is 1.65 bits per heavy atom. The van der Waals surface area contributed by atoms with Crippen molar-refractivity contribution in [2.24, 2.45) is 0 Å². The molecule has 1 amide bonds. The summed E-state index contributed by atoms with van der Waals surface area (Å²) in [5.74, 6) is -2.03. The molecule has 0 spiro atoms. The van der Waals surface area contributed by atoms with Crippen LogP contribution in [0, 0.1) is 10.1 Å². The number of non-ortho nitro benzene ring substituents is 1. The number of nitro groups is 1. The van der Waals surface area contributed by atoms with Crippen molar-refractivity contribution in [3.8, 4) is 0 Å². The van der Waals surface area contributed by atoms with Gasteiger partial charge in [-0.2, -0.15) is 0 Å². The van der Waals surface area contributed by atoms with Crippen LogP contribution in [0.2, 0.25) is 0 Å². The molecule has 1 heterocycles. The number of rotatable bonds is 4. The number of benzene rings is 3. The molecule has 154 valence electrons. The van der Waals surface area contributed by atoms with Gasteiger partial charge in [0.15, 0.2) is 0 Å². The molecule has 7 nitrogen and oxygen atoms in total. The minimum absolute atomic E-state index is 0.128. The fourth-order valence-electron chi connectivity index (χ4n) is 3.57. The van der Waals surface area contributed by atoms with Crippen molar-refractivity contribution < 1.29 is 19.6 Å². The van der Waals surface area contributed by atoms with Crippen molar-refractivity contribution in [2.45, 2.75) is 6.04 Å². The largest absolute Gasteiger partial charge is 0.507 e. The van der Waals surface area contributed by atoms with E-state index in [-0.39, 0.29) is 17.0 Å². The van der Waals surface area contributed by atoms with Crippen LogP contribution in [0.1, 0.15) is 17.2 Å². The number of carbonyl (C=O) groups is 2. The number of hydrogen-bond donors (Lipinski definition) is 1. The first-order valence-electron chi connectivity index (χ1n) is 9.25. The van der Waals surface area contributed by atoms with Crippen molar-refractivity contribution in [3.63, 3.8) is 0 Å². The average Bonchev–Trinajstić information content (AvgIpc) is 3.05. The van der Waals surface area contributed by atoms with Crippen LogP contribution in [0.25, 0.3) is 5.76 Å². The molecule has 1 fully saturated rings. The first kappa shape index (κ1) is 20.5. The third-order valence-corrected chi connectivity index (χ3v) is 5.52. The van der Waals surface area contributed by atoms with E-state index in [4.69, 9.17) is 0 Å². The number of halogens is 1. The molecule has 8 heteroatoms. The van der Waals surface area contributed by atoms with Gasteiger partial charge in [0.05, 0.1) is 16.5 Å². The number of aliphatic hydroxyl groups is 1. The van der Waals surface area contributed by atoms with Gasteiger partial charge < -0.3 is 5.11 Å². The van der Waals surface area contributed by atoms with Gasteiger partial charge >= 0.3 is 0 Å². The molecule has 0 aromatic heterocycles. The lowest BCUT2D eigenvalue weighted by molar-refractivity contribution is -0.384. The highest BCUT2D eigenvalue weighted by molar-refractivity contribution is 9.10. The Labute approximate surface area is 185 Å². The molecule has 0 aliphatic carbocycles. The number of hydrogen-bond acceptors (Lipinski definition) is 5. The molecule has 1 unspecified atom stereocenters. The van der Waals surface area contributed by atoms with Crippen LogP contribution < -0.4 is 4.90 Å². The van der Waals surface area contributed by atoms with Gasteiger partial charge in [0.2, 0.25) is 0 Å². The quantitative estimate of drug-likeness (QED) is 0.187. The Hall–Kier alpha value is -3.78. The summed E-state index contributed by atoms with van der Waals surface area (Å²) < 4.78 is 0.782. The first-order chi connectivity index (χ1) is 14.9. The number of para-hydroxylation sites is 1. The van der Waals surface area contributed by atoms with Crippen LogP contribution >= 0.6 is 15.9 Å². The lowest BCUT2D eigenvalue weighted by Gasteiger charge is -2.25. The highest BCUT2D eigenvalue weighted by Gasteiger charge is 2.47. The van der Waals surface area contributed by atoms with E-state index in [1.807, 2.05) is 0 Å². The summed E-state index contributed by atoms with van der Waals surface area (Å²) in [6.07, 6.45) is 0. The highest BCUT2D eigenvalue weighted by Crippen LogP contribution is 2.42. The molecule has 31 heavy (non-hydrogen) atoms. The fourth-order valence-corrected chi connectivity index (χ4v) is 3.84. The number of nitro benzene ring substituents is 1. The molecule has 1 aliphatic heterocycles. The summed E-state index contributed by atoms with van der Waals surface area (Å²) in [5.41, 5.74) is 0.827. The Morgan fingerprint density at radius 3 is 2.29 bits per heavy atom. The Kier molecular flexibility index (Phi) is 5.39. The summed E-state index contributed by atoms with van der Waals surface area (Å²) >= 11 is 3.32. The average molecular weight is 479 g/mol. The lowest BCUT2D eigenvalue weighted by atomic mass is 9.95. The monoisotopic (exact) mass is 478 g/mol. The van der Waals surface area contributed by atoms with Crippen molar-refractivity contribution in [2.75, 3.05) is 4.90 Å². The van der Waals surface area contributed by atoms with Gasteiger partial charge in [-0.05, 0) is 29.8 Å². The van der Waals surface area contributed by atoms with E-state index in [2.05, 4.69) is 15.9 Å². The van der Waals surface area contributed by atoms with E-state index in [9.17, 15) is 24.8 Å². The normalized spacial score (nSPS) is 17.7. The van der Waals surface area contributed by atoms with Crippen LogP contribution in [0.4, 0.5) is 11.4 Å². The zero-order valence-electron chi connectivity index (χ0n) is 15.9. The van der Waals surface area contributed by atoms with E-state index in [0.717, 1.165) is 4.47 Å². The molecule has 1 N–H and O–H groups in total. The number of carbonyl (C=O) groups excluding carboxylic acids is 2. The summed E-state index contributed by atoms with van der Waals surface area (Å²) in [6, 6.07) is 19.8. The van der Waals surface area contributed by atoms with E-state index >= 15 is 0 Å². The topological polar surface area (TPSA) is 101 Å². The van der Waals surface area contributed by atoms with Crippen LogP contribution in [-0.4, -0.2) is 21.7 Å². The zero-order chi connectivity index (χ0) is 22.1. The second-order valence-electron chi connectivity index (χ2n) is 6.86. The number of ketones is 1. The zero-order valence-corrected chi connectivity index (χ0v) is 17.5. The van der Waals surface area contributed by atoms with Gasteiger partial charge in [-0.1, -0.05) is 58.4 Å². The molecular formula is C23H15BrN2O5. The molecule has 0 radical (unpaired) electrons. The highest BCUT2D eigenvalue weighted by atomic mass is 79.9. The number of amides is 1. The van der Waals surface area contributed by atoms with Crippen LogP contribution in [0.15, 0.2) is 88.9 Å². The van der Waals surface area contributed by atoms with E-state index < -0.39 is 22.7 Å². The Bertz CT molecular complexity index is 1220. The second kappa shape index (κ2) is 8.16. The van der Waals surface area contributed by atoms with Crippen molar-refractivity contribution in [1.82, 2.24) is 0 Å². The number of Topliss-reactive ketones (excluding diaryl/α,β-unsaturated/α-hetero) is 1. The van der Waals surface area contributed by atoms with Crippen LogP contribution in [0.5, 0.6) is 0 Å². The molecule has 1 atom stereocenters. The summed E-state index contributed by atoms with van der Waals surface area (Å²) in [4.78, 5) is 38.0. The Morgan fingerprint density at radius 1 is 0.968 bits per heavy atom. The Balaban J connectivity index is 1.96. The second-order valence-corrected chi connectivity index (χ2v) is 7.78. The molecule has 1 saturated heterocycles. The van der Waals surface area contributed by atoms with E-state index in [1.54, 1.807) is 60.7 Å². The summed E-state index contributed by atoms with van der Waals surface area (Å²) in [7, 11) is 0. The number of nitrogens with zero attached hydrogens (tertiary/aromatic N) is 2. The maximum absolute atomic E-state index is 13.0. The van der Waals surface area contributed by atoms with Gasteiger partial charge in [-0.15, -0.1) is 0 Å². The lowest BCUT2D eigenvalue weighted by Crippen LogP contribution is -2.29. The predicted molar refractivity (Wildman–Crippen MR) is 118 cm³/mol. The van der Waals surface area contributed by atoms with Gasteiger partial charge in [-0.25, -0.2) is 0 Å². The van der Waals surface area contributed by atoms with Crippen molar-refractivity contribution >= 4 is 44.8 Å². The molecule has 4 rings (SSSR count). The maximum Gasteiger partial charge on any atom is 0.300 e. The van der Waals surface area contributed by atoms with Crippen molar-refractivity contribution in [3.05, 3.63) is 110 Å². The number of anilines is 1. The SMILES string of the molecule is O=C1C(=O)N(c2ccccc2)C(c2cccc([N+](=O)[O-])c2)/C1=C(\O)c1ccc(Br)cc1. The standard InChI is InChI=1S/C23H15BrN2O5/c24-16-11-9-14(10-12-16)21(27)19-20(15-5-4-8-18(13-15)26(30)31)25(23(29)22(19)28)17-6-2-1-3-7-17/h1-13,20,27H/b21-19+. The third kappa shape index (κ3) is 3.73. The number of aliphatic hydroxyl groups excluding tert-OH is 1. The first-order valence-corrected chi connectivity index (χ1v) is 10.0. The van der Waals surface area contributed by atoms with Crippen molar-refractivity contribution in [1.29, 1.82) is 0 Å². The van der Waals surface area contributed by atoms with Gasteiger partial charge in [0.25, 0.3) is 17.4 Å². The van der Waals surface area contributed by atoms with Gasteiger partial charge in [0, 0.05) is 27.9 Å². The molecule has 0 bridgehead atoms. The van der Waals surface area contributed by atoms with Crippen LogP contribution in [-0.2, 0) is 9.59 Å². The summed E-state index contributed by atoms with van der Waals surface area (Å²) in [5, 5.41) is 22.3. The van der Waals surface area contributed by atoms with E-state index in [0.29, 0.717) is 16.8 Å². The smallest absolute Gasteiger partial charge is 0.300 e. The predicted octanol–water partition coefficient (Wildman–Crippen LogP) is 4.98. The minimum atomic E-state index is -1.02. The summed E-state index contributed by atoms with van der Waals surface area (Å²) in [6.45, 7) is 0. The molecule has 0 saturated carbocycles. The molecular weight excluding hydrogens is 464 g/mol. The fraction of sp³-hybridized carbons (Fsp3) is 0.0435. The van der Waals surface area contributed by atoms with Crippen LogP contribution in [0.3, 0.4) is 0 Å². The third-order valence-electron chi connectivity index (χ3n) is 4.99. The van der Waals surface area contributed by atoms with E-state index in [1.165, 1.54) is 23.1 Å². The minimum Gasteiger partial charge on any atom is -0.507 e. The molecule has 3 aromatic carbocycles. The maximum atomic E-state index is 13.0.